The van der Waals surface area contributed by atoms with Gasteiger partial charge in [0.15, 0.2) is 0 Å². The van der Waals surface area contributed by atoms with E-state index in [1.165, 1.54) is 16.7 Å². The highest BCUT2D eigenvalue weighted by Crippen LogP contribution is 2.30. The van der Waals surface area contributed by atoms with Gasteiger partial charge in [0.1, 0.15) is 11.5 Å². The average molecular weight is 226 g/mol. The number of hydrogen-bond acceptors (Lipinski definition) is 1. The van der Waals surface area contributed by atoms with E-state index in [1.54, 1.807) is 0 Å². The lowest BCUT2D eigenvalue weighted by molar-refractivity contribution is 0.474. The van der Waals surface area contributed by atoms with Gasteiger partial charge in [-0.2, -0.15) is 0 Å². The van der Waals surface area contributed by atoms with E-state index in [0.29, 0.717) is 0 Å². The van der Waals surface area contributed by atoms with Gasteiger partial charge in [0, 0.05) is 0 Å². The molecule has 0 aliphatic rings. The molecule has 0 N–H and O–H groups in total. The van der Waals surface area contributed by atoms with Crippen LogP contribution in [-0.2, 0) is 6.42 Å². The third-order valence-electron chi connectivity index (χ3n) is 3.06. The molecular formula is C16H18O. The molecule has 88 valence electrons. The van der Waals surface area contributed by atoms with E-state index in [9.17, 15) is 0 Å². The van der Waals surface area contributed by atoms with Crippen molar-refractivity contribution >= 4 is 0 Å². The minimum atomic E-state index is 0.895. The molecule has 0 unspecified atom stereocenters. The van der Waals surface area contributed by atoms with E-state index in [1.807, 2.05) is 30.3 Å². The van der Waals surface area contributed by atoms with E-state index in [-0.39, 0.29) is 0 Å². The molecule has 2 rings (SSSR count). The Balaban J connectivity index is 2.38. The molecule has 2 aromatic rings. The SMILES string of the molecule is CCc1ccc(C)c(Oc2ccccc2)c1C. The third-order valence-corrected chi connectivity index (χ3v) is 3.06. The monoisotopic (exact) mass is 226 g/mol. The second-order valence-electron chi connectivity index (χ2n) is 4.26. The molecule has 0 aromatic heterocycles. The molecule has 0 bridgehead atoms. The lowest BCUT2D eigenvalue weighted by Gasteiger charge is -2.14. The Morgan fingerprint density at radius 2 is 1.65 bits per heavy atom. The minimum absolute atomic E-state index is 0.895. The van der Waals surface area contributed by atoms with Crippen LogP contribution in [0.1, 0.15) is 23.6 Å². The fourth-order valence-corrected chi connectivity index (χ4v) is 2.01. The van der Waals surface area contributed by atoms with Gasteiger partial charge in [-0.1, -0.05) is 37.3 Å². The first-order chi connectivity index (χ1) is 8.22. The predicted octanol–water partition coefficient (Wildman–Crippen LogP) is 4.66. The fraction of sp³-hybridized carbons (Fsp3) is 0.250. The van der Waals surface area contributed by atoms with Crippen molar-refractivity contribution in [3.05, 3.63) is 59.2 Å². The minimum Gasteiger partial charge on any atom is -0.457 e. The van der Waals surface area contributed by atoms with Gasteiger partial charge >= 0.3 is 0 Å². The molecule has 0 amide bonds. The number of ether oxygens (including phenoxy) is 1. The van der Waals surface area contributed by atoms with Crippen LogP contribution < -0.4 is 4.74 Å². The van der Waals surface area contributed by atoms with Gasteiger partial charge in [0.25, 0.3) is 0 Å². The summed E-state index contributed by atoms with van der Waals surface area (Å²) < 4.78 is 5.98. The van der Waals surface area contributed by atoms with E-state index < -0.39 is 0 Å². The topological polar surface area (TPSA) is 9.23 Å². The summed E-state index contributed by atoms with van der Waals surface area (Å²) in [7, 11) is 0. The van der Waals surface area contributed by atoms with Crippen LogP contribution in [0.5, 0.6) is 11.5 Å². The molecule has 1 heteroatoms. The molecule has 0 heterocycles. The Hall–Kier alpha value is -1.76. The van der Waals surface area contributed by atoms with Gasteiger partial charge in [0.05, 0.1) is 0 Å². The summed E-state index contributed by atoms with van der Waals surface area (Å²) in [5, 5.41) is 0. The number of hydrogen-bond donors (Lipinski definition) is 0. The summed E-state index contributed by atoms with van der Waals surface area (Å²) >= 11 is 0. The van der Waals surface area contributed by atoms with E-state index in [0.717, 1.165) is 17.9 Å². The molecular weight excluding hydrogens is 208 g/mol. The maximum absolute atomic E-state index is 5.98. The highest BCUT2D eigenvalue weighted by Gasteiger charge is 2.08. The second-order valence-corrected chi connectivity index (χ2v) is 4.26. The molecule has 0 spiro atoms. The third kappa shape index (κ3) is 2.50. The van der Waals surface area contributed by atoms with Gasteiger partial charge in [0.2, 0.25) is 0 Å². The van der Waals surface area contributed by atoms with Crippen molar-refractivity contribution in [3.8, 4) is 11.5 Å². The zero-order valence-electron chi connectivity index (χ0n) is 10.7. The second kappa shape index (κ2) is 5.05. The van der Waals surface area contributed by atoms with Crippen LogP contribution in [0.3, 0.4) is 0 Å². The van der Waals surface area contributed by atoms with Crippen LogP contribution in [0.15, 0.2) is 42.5 Å². The number of para-hydroxylation sites is 1. The van der Waals surface area contributed by atoms with Crippen molar-refractivity contribution in [1.29, 1.82) is 0 Å². The highest BCUT2D eigenvalue weighted by molar-refractivity contribution is 5.47. The van der Waals surface area contributed by atoms with Gasteiger partial charge in [-0.25, -0.2) is 0 Å². The van der Waals surface area contributed by atoms with E-state index in [4.69, 9.17) is 4.74 Å². The summed E-state index contributed by atoms with van der Waals surface area (Å²) in [6.45, 7) is 6.39. The maximum Gasteiger partial charge on any atom is 0.133 e. The zero-order chi connectivity index (χ0) is 12.3. The van der Waals surface area contributed by atoms with Crippen LogP contribution in [0.25, 0.3) is 0 Å². The van der Waals surface area contributed by atoms with Crippen molar-refractivity contribution < 1.29 is 4.74 Å². The molecule has 0 atom stereocenters. The zero-order valence-corrected chi connectivity index (χ0v) is 10.7. The molecule has 0 aliphatic carbocycles. The number of aryl methyl sites for hydroxylation is 2. The molecule has 0 aliphatic heterocycles. The Morgan fingerprint density at radius 1 is 0.941 bits per heavy atom. The van der Waals surface area contributed by atoms with E-state index >= 15 is 0 Å². The first kappa shape index (κ1) is 11.7. The first-order valence-corrected chi connectivity index (χ1v) is 6.04. The summed E-state index contributed by atoms with van der Waals surface area (Å²) in [6.07, 6.45) is 1.04. The molecule has 1 nitrogen and oxygen atoms in total. The molecule has 0 fully saturated rings. The van der Waals surface area contributed by atoms with Gasteiger partial charge in [-0.05, 0) is 49.1 Å². The molecule has 0 saturated carbocycles. The van der Waals surface area contributed by atoms with Gasteiger partial charge in [-0.3, -0.25) is 0 Å². The van der Waals surface area contributed by atoms with Crippen LogP contribution in [0, 0.1) is 13.8 Å². The highest BCUT2D eigenvalue weighted by atomic mass is 16.5. The molecule has 0 saturated heterocycles. The molecule has 17 heavy (non-hydrogen) atoms. The summed E-state index contributed by atoms with van der Waals surface area (Å²) in [6, 6.07) is 14.3. The van der Waals surface area contributed by atoms with Crippen molar-refractivity contribution in [2.45, 2.75) is 27.2 Å². The lowest BCUT2D eigenvalue weighted by atomic mass is 10.0. The quantitative estimate of drug-likeness (QED) is 0.739. The van der Waals surface area contributed by atoms with Crippen LogP contribution in [0.4, 0.5) is 0 Å². The number of rotatable bonds is 3. The van der Waals surface area contributed by atoms with Crippen LogP contribution in [0.2, 0.25) is 0 Å². The standard InChI is InChI=1S/C16H18O/c1-4-14-11-10-12(2)16(13(14)3)17-15-8-6-5-7-9-15/h5-11H,4H2,1-3H3. The van der Waals surface area contributed by atoms with Crippen molar-refractivity contribution in [3.63, 3.8) is 0 Å². The van der Waals surface area contributed by atoms with Crippen LogP contribution >= 0.6 is 0 Å². The van der Waals surface area contributed by atoms with Gasteiger partial charge < -0.3 is 4.74 Å². The van der Waals surface area contributed by atoms with Gasteiger partial charge in [-0.15, -0.1) is 0 Å². The molecule has 0 radical (unpaired) electrons. The maximum atomic E-state index is 5.98. The normalized spacial score (nSPS) is 10.3. The fourth-order valence-electron chi connectivity index (χ4n) is 2.01. The Kier molecular flexibility index (Phi) is 3.48. The Morgan fingerprint density at radius 3 is 2.29 bits per heavy atom. The Bertz CT molecular complexity index is 500. The summed E-state index contributed by atoms with van der Waals surface area (Å²) in [4.78, 5) is 0. The largest absolute Gasteiger partial charge is 0.457 e. The average Bonchev–Trinajstić information content (AvgIpc) is 2.36. The van der Waals surface area contributed by atoms with E-state index in [2.05, 4.69) is 32.9 Å². The molecule has 2 aromatic carbocycles. The summed E-state index contributed by atoms with van der Waals surface area (Å²) in [5.41, 5.74) is 3.78. The summed E-state index contributed by atoms with van der Waals surface area (Å²) in [5.74, 6) is 1.89. The van der Waals surface area contributed by atoms with Crippen molar-refractivity contribution in [2.75, 3.05) is 0 Å². The lowest BCUT2D eigenvalue weighted by Crippen LogP contribution is -1.95. The van der Waals surface area contributed by atoms with Crippen LogP contribution in [-0.4, -0.2) is 0 Å². The Labute approximate surface area is 103 Å². The number of benzene rings is 2. The first-order valence-electron chi connectivity index (χ1n) is 6.04. The predicted molar refractivity (Wildman–Crippen MR) is 71.8 cm³/mol. The van der Waals surface area contributed by atoms with Crippen molar-refractivity contribution in [2.24, 2.45) is 0 Å². The van der Waals surface area contributed by atoms with Crippen molar-refractivity contribution in [1.82, 2.24) is 0 Å². The smallest absolute Gasteiger partial charge is 0.133 e.